The zero-order chi connectivity index (χ0) is 13.5. The number of ether oxygens (including phenoxy) is 1. The molecule has 1 aromatic carbocycles. The molecule has 96 valence electrons. The minimum atomic E-state index is 0.00967. The van der Waals surface area contributed by atoms with E-state index in [0.717, 1.165) is 13.0 Å². The number of nitriles is 1. The topological polar surface area (TPSA) is 55.0 Å². The molecule has 2 aromatic rings. The van der Waals surface area contributed by atoms with Crippen molar-refractivity contribution in [1.82, 2.24) is 4.57 Å². The number of hydrogen-bond acceptors (Lipinski definition) is 3. The summed E-state index contributed by atoms with van der Waals surface area (Å²) in [6.45, 7) is 1.31. The lowest BCUT2D eigenvalue weighted by atomic mass is 10.2. The Balaban J connectivity index is 1.82. The lowest BCUT2D eigenvalue weighted by Gasteiger charge is -2.08. The van der Waals surface area contributed by atoms with E-state index in [9.17, 15) is 4.79 Å². The maximum Gasteiger partial charge on any atom is 0.181 e. The van der Waals surface area contributed by atoms with Crippen molar-refractivity contribution in [2.24, 2.45) is 0 Å². The van der Waals surface area contributed by atoms with Crippen LogP contribution in [0.5, 0.6) is 5.75 Å². The van der Waals surface area contributed by atoms with Gasteiger partial charge in [0, 0.05) is 31.1 Å². The standard InChI is InChI=1S/C15H14N2O2/c16-12-13-4-1-2-5-15(13)19-11-3-8-17-9-6-14(18)7-10-17/h1-2,4-7,9-10H,3,8,11H2. The Morgan fingerprint density at radius 3 is 2.63 bits per heavy atom. The highest BCUT2D eigenvalue weighted by molar-refractivity contribution is 5.42. The SMILES string of the molecule is N#Cc1ccccc1OCCCn1ccc(=O)cc1. The third kappa shape index (κ3) is 3.71. The van der Waals surface area contributed by atoms with Crippen LogP contribution in [0.1, 0.15) is 12.0 Å². The molecule has 0 aliphatic rings. The zero-order valence-corrected chi connectivity index (χ0v) is 10.5. The van der Waals surface area contributed by atoms with E-state index in [1.165, 1.54) is 12.1 Å². The number of hydrogen-bond donors (Lipinski definition) is 0. The Morgan fingerprint density at radius 1 is 1.16 bits per heavy atom. The van der Waals surface area contributed by atoms with Crippen molar-refractivity contribution in [3.63, 3.8) is 0 Å². The quantitative estimate of drug-likeness (QED) is 0.768. The molecule has 1 aromatic heterocycles. The second-order valence-electron chi connectivity index (χ2n) is 4.08. The fourth-order valence-electron chi connectivity index (χ4n) is 1.71. The first-order valence-electron chi connectivity index (χ1n) is 6.07. The van der Waals surface area contributed by atoms with E-state index in [-0.39, 0.29) is 5.43 Å². The van der Waals surface area contributed by atoms with Gasteiger partial charge in [-0.3, -0.25) is 4.79 Å². The molecule has 0 aliphatic heterocycles. The summed E-state index contributed by atoms with van der Waals surface area (Å²) in [5.74, 6) is 0.616. The molecule has 19 heavy (non-hydrogen) atoms. The third-order valence-corrected chi connectivity index (χ3v) is 2.69. The van der Waals surface area contributed by atoms with E-state index in [1.807, 2.05) is 16.7 Å². The second-order valence-corrected chi connectivity index (χ2v) is 4.08. The predicted molar refractivity (Wildman–Crippen MR) is 72.0 cm³/mol. The molecule has 1 heterocycles. The molecule has 0 atom stereocenters. The van der Waals surface area contributed by atoms with E-state index in [0.29, 0.717) is 17.9 Å². The largest absolute Gasteiger partial charge is 0.492 e. The number of pyridine rings is 1. The summed E-state index contributed by atoms with van der Waals surface area (Å²) in [6, 6.07) is 12.3. The van der Waals surface area contributed by atoms with Crippen molar-refractivity contribution in [3.8, 4) is 11.8 Å². The third-order valence-electron chi connectivity index (χ3n) is 2.69. The summed E-state index contributed by atoms with van der Waals surface area (Å²) >= 11 is 0. The lowest BCUT2D eigenvalue weighted by molar-refractivity contribution is 0.301. The molecule has 4 heteroatoms. The molecule has 0 saturated heterocycles. The Kier molecular flexibility index (Phi) is 4.35. The van der Waals surface area contributed by atoms with Crippen LogP contribution in [0, 0.1) is 11.3 Å². The van der Waals surface area contributed by atoms with Crippen LogP contribution in [-0.4, -0.2) is 11.2 Å². The lowest BCUT2D eigenvalue weighted by Crippen LogP contribution is -2.07. The van der Waals surface area contributed by atoms with Gasteiger partial charge in [0.25, 0.3) is 0 Å². The van der Waals surface area contributed by atoms with Gasteiger partial charge in [-0.1, -0.05) is 12.1 Å². The molecule has 0 unspecified atom stereocenters. The van der Waals surface area contributed by atoms with Crippen LogP contribution in [-0.2, 0) is 6.54 Å². The summed E-state index contributed by atoms with van der Waals surface area (Å²) in [6.07, 6.45) is 4.32. The van der Waals surface area contributed by atoms with Crippen molar-refractivity contribution < 1.29 is 4.74 Å². The molecule has 2 rings (SSSR count). The summed E-state index contributed by atoms with van der Waals surface area (Å²) in [4.78, 5) is 10.9. The fraction of sp³-hybridized carbons (Fsp3) is 0.200. The number of para-hydroxylation sites is 1. The van der Waals surface area contributed by atoms with E-state index in [4.69, 9.17) is 10.00 Å². The van der Waals surface area contributed by atoms with Gasteiger partial charge in [0.1, 0.15) is 11.8 Å². The molecule has 0 amide bonds. The van der Waals surface area contributed by atoms with Crippen LogP contribution in [0.15, 0.2) is 53.6 Å². The molecule has 0 fully saturated rings. The highest BCUT2D eigenvalue weighted by Crippen LogP contribution is 2.16. The fourth-order valence-corrected chi connectivity index (χ4v) is 1.71. The van der Waals surface area contributed by atoms with Crippen LogP contribution in [0.2, 0.25) is 0 Å². The normalized spacial score (nSPS) is 9.84. The predicted octanol–water partition coefficient (Wildman–Crippen LogP) is 2.19. The molecular formula is C15H14N2O2. The summed E-state index contributed by atoms with van der Waals surface area (Å²) < 4.78 is 7.51. The van der Waals surface area contributed by atoms with Crippen molar-refractivity contribution >= 4 is 0 Å². The number of aryl methyl sites for hydroxylation is 1. The van der Waals surface area contributed by atoms with Crippen molar-refractivity contribution in [3.05, 3.63) is 64.6 Å². The Labute approximate surface area is 111 Å². The average molecular weight is 254 g/mol. The van der Waals surface area contributed by atoms with Gasteiger partial charge in [-0.15, -0.1) is 0 Å². The second kappa shape index (κ2) is 6.41. The van der Waals surface area contributed by atoms with Gasteiger partial charge in [-0.05, 0) is 18.6 Å². The van der Waals surface area contributed by atoms with Gasteiger partial charge in [0.2, 0.25) is 0 Å². The smallest absolute Gasteiger partial charge is 0.181 e. The van der Waals surface area contributed by atoms with Gasteiger partial charge in [-0.2, -0.15) is 5.26 Å². The van der Waals surface area contributed by atoms with Crippen LogP contribution in [0.4, 0.5) is 0 Å². The zero-order valence-electron chi connectivity index (χ0n) is 10.5. The number of aromatic nitrogens is 1. The maximum atomic E-state index is 10.9. The molecule has 0 spiro atoms. The first-order chi connectivity index (χ1) is 9.29. The summed E-state index contributed by atoms with van der Waals surface area (Å²) in [7, 11) is 0. The Bertz CT molecular complexity index is 621. The summed E-state index contributed by atoms with van der Waals surface area (Å²) in [5.41, 5.74) is 0.557. The van der Waals surface area contributed by atoms with E-state index >= 15 is 0 Å². The van der Waals surface area contributed by atoms with Crippen LogP contribution in [0.25, 0.3) is 0 Å². The van der Waals surface area contributed by atoms with Crippen molar-refractivity contribution in [1.29, 1.82) is 5.26 Å². The molecular weight excluding hydrogens is 240 g/mol. The minimum absolute atomic E-state index is 0.00967. The molecule has 0 bridgehead atoms. The average Bonchev–Trinajstić information content (AvgIpc) is 2.46. The van der Waals surface area contributed by atoms with Crippen LogP contribution in [0.3, 0.4) is 0 Å². The Hall–Kier alpha value is -2.54. The number of benzene rings is 1. The molecule has 0 N–H and O–H groups in total. The van der Waals surface area contributed by atoms with Gasteiger partial charge < -0.3 is 9.30 Å². The molecule has 0 saturated carbocycles. The van der Waals surface area contributed by atoms with E-state index in [1.54, 1.807) is 24.5 Å². The monoisotopic (exact) mass is 254 g/mol. The number of rotatable bonds is 5. The Morgan fingerprint density at radius 2 is 1.89 bits per heavy atom. The number of nitrogens with zero attached hydrogens (tertiary/aromatic N) is 2. The summed E-state index contributed by atoms with van der Waals surface area (Å²) in [5, 5.41) is 8.92. The van der Waals surface area contributed by atoms with Crippen molar-refractivity contribution in [2.75, 3.05) is 6.61 Å². The van der Waals surface area contributed by atoms with E-state index in [2.05, 4.69) is 6.07 Å². The van der Waals surface area contributed by atoms with Gasteiger partial charge >= 0.3 is 0 Å². The molecule has 0 radical (unpaired) electrons. The highest BCUT2D eigenvalue weighted by Gasteiger charge is 2.00. The maximum absolute atomic E-state index is 10.9. The van der Waals surface area contributed by atoms with Gasteiger partial charge in [0.15, 0.2) is 5.43 Å². The van der Waals surface area contributed by atoms with Crippen LogP contribution < -0.4 is 10.2 Å². The van der Waals surface area contributed by atoms with Crippen molar-refractivity contribution in [2.45, 2.75) is 13.0 Å². The molecule has 4 nitrogen and oxygen atoms in total. The van der Waals surface area contributed by atoms with E-state index < -0.39 is 0 Å². The van der Waals surface area contributed by atoms with Gasteiger partial charge in [0.05, 0.1) is 12.2 Å². The molecule has 0 aliphatic carbocycles. The van der Waals surface area contributed by atoms with Gasteiger partial charge in [-0.25, -0.2) is 0 Å². The first-order valence-corrected chi connectivity index (χ1v) is 6.07. The minimum Gasteiger partial charge on any atom is -0.492 e. The first kappa shape index (κ1) is 12.9. The highest BCUT2D eigenvalue weighted by atomic mass is 16.5. The van der Waals surface area contributed by atoms with Crippen LogP contribution >= 0.6 is 0 Å².